The summed E-state index contributed by atoms with van der Waals surface area (Å²) in [4.78, 5) is 107. The van der Waals surface area contributed by atoms with Crippen molar-refractivity contribution in [3.8, 4) is 39.5 Å². The molecule has 28 heteroatoms. The molecule has 0 fully saturated rings. The number of carbonyl (C=O) groups excluding carboxylic acids is 5. The number of aromatic hydroxyl groups is 3. The van der Waals surface area contributed by atoms with Gasteiger partial charge in [-0.25, -0.2) is 14.4 Å². The molecule has 0 aliphatic heterocycles. The number of carboxylic acids is 1. The molecule has 0 bridgehead atoms. The van der Waals surface area contributed by atoms with Gasteiger partial charge < -0.3 is 84.5 Å². The molecule has 9 rings (SSSR count). The van der Waals surface area contributed by atoms with Crippen LogP contribution < -0.4 is 38.3 Å². The maximum absolute atomic E-state index is 12.4. The zero-order valence-electron chi connectivity index (χ0n) is 50.6. The minimum atomic E-state index is -1.46. The number of halogens is 1. The zero-order valence-corrected chi connectivity index (χ0v) is 52.1. The van der Waals surface area contributed by atoms with Gasteiger partial charge in [0.1, 0.15) is 64.8 Å². The van der Waals surface area contributed by atoms with Gasteiger partial charge in [0.25, 0.3) is 17.7 Å². The van der Waals surface area contributed by atoms with Crippen molar-refractivity contribution in [3.05, 3.63) is 197 Å². The van der Waals surface area contributed by atoms with E-state index < -0.39 is 124 Å². The highest BCUT2D eigenvalue weighted by Crippen LogP contribution is 2.33. The van der Waals surface area contributed by atoms with Crippen LogP contribution in [0.1, 0.15) is 89.3 Å². The molecule has 9 aromatic rings. The molecule has 0 aliphatic rings. The van der Waals surface area contributed by atoms with Crippen LogP contribution in [0, 0.1) is 0 Å². The number of hydrogen-bond donors (Lipinski definition) is 12. The van der Waals surface area contributed by atoms with E-state index in [-0.39, 0.29) is 52.7 Å². The van der Waals surface area contributed by atoms with Crippen LogP contribution in [0.4, 0.5) is 0 Å². The van der Waals surface area contributed by atoms with Crippen molar-refractivity contribution >= 4 is 97.0 Å². The number of amides is 3. The van der Waals surface area contributed by atoms with Crippen LogP contribution in [0.3, 0.4) is 0 Å². The Balaban J connectivity index is 0.000000206. The zero-order chi connectivity index (χ0) is 68.6. The van der Waals surface area contributed by atoms with Crippen LogP contribution in [-0.4, -0.2) is 119 Å². The smallest absolute Gasteiger partial charge is 0.488 e. The lowest BCUT2D eigenvalue weighted by Crippen LogP contribution is -2.36. The minimum Gasteiger partial charge on any atom is -0.506 e. The number of fused-ring (bicyclic) bond motifs is 3. The third kappa shape index (κ3) is 19.8. The summed E-state index contributed by atoms with van der Waals surface area (Å²) >= 11 is 3.22. The first kappa shape index (κ1) is 71.6. The highest BCUT2D eigenvalue weighted by Gasteiger charge is 2.26. The number of rotatable bonds is 15. The molecule has 0 saturated heterocycles. The predicted molar refractivity (Wildman–Crippen MR) is 341 cm³/mol. The van der Waals surface area contributed by atoms with Gasteiger partial charge in [0, 0.05) is 4.47 Å². The largest absolute Gasteiger partial charge is 0.506 e. The molecule has 0 aliphatic carbocycles. The van der Waals surface area contributed by atoms with Gasteiger partial charge in [0.15, 0.2) is 16.7 Å². The number of nitrogens with one attached hydrogen (secondary N) is 3. The Morgan fingerprint density at radius 1 is 0.462 bits per heavy atom. The number of benzene rings is 6. The SMILES string of the molecule is CC(C)(C)OC(=O)CNC(=O)c1c(O)c2ccc(-c3cccc(CO)c3)cc2oc1=O.CC(C)(C)OC(=O)CNC(=O)c1c(O)c2ccc(Br)cc2oc1=O.O=C(O)CNC(=O)c1c(O)c2ccc(-c3cccc(CO)c3)cc2oc1=O.OCc1cccc(B(O)O)c1. The van der Waals surface area contributed by atoms with E-state index in [1.807, 2.05) is 17.4 Å². The quantitative estimate of drug-likeness (QED) is 0.0347. The molecular formula is C65H63BBrN3O23. The molecule has 6 aromatic carbocycles. The van der Waals surface area contributed by atoms with Crippen molar-refractivity contribution in [2.45, 2.75) is 72.6 Å². The predicted octanol–water partition coefficient (Wildman–Crippen LogP) is 5.39. The van der Waals surface area contributed by atoms with Crippen LogP contribution in [0.5, 0.6) is 17.2 Å². The lowest BCUT2D eigenvalue weighted by atomic mass is 9.80. The Hall–Kier alpha value is -10.5. The van der Waals surface area contributed by atoms with Gasteiger partial charge in [-0.1, -0.05) is 88.7 Å². The van der Waals surface area contributed by atoms with Crippen LogP contribution in [0.25, 0.3) is 55.2 Å². The van der Waals surface area contributed by atoms with E-state index >= 15 is 0 Å². The van der Waals surface area contributed by atoms with E-state index in [1.165, 1.54) is 30.3 Å². The van der Waals surface area contributed by atoms with Crippen molar-refractivity contribution in [1.29, 1.82) is 0 Å². The van der Waals surface area contributed by atoms with Crippen LogP contribution in [0.2, 0.25) is 0 Å². The first-order valence-corrected chi connectivity index (χ1v) is 28.6. The second kappa shape index (κ2) is 31.5. The molecule has 0 saturated carbocycles. The summed E-state index contributed by atoms with van der Waals surface area (Å²) in [6.45, 7) is 8.21. The third-order valence-corrected chi connectivity index (χ3v) is 13.1. The number of carboxylic acid groups (broad SMARTS) is 1. The van der Waals surface area contributed by atoms with Gasteiger partial charge in [0.05, 0.1) is 36.0 Å². The van der Waals surface area contributed by atoms with Crippen molar-refractivity contribution < 1.29 is 97.3 Å². The number of carbonyl (C=O) groups is 6. The normalized spacial score (nSPS) is 11.0. The lowest BCUT2D eigenvalue weighted by Gasteiger charge is -2.19. The highest BCUT2D eigenvalue weighted by molar-refractivity contribution is 9.10. The average molecular weight is 1340 g/mol. The second-order valence-electron chi connectivity index (χ2n) is 22.0. The Kier molecular flexibility index (Phi) is 24.2. The molecular weight excluding hydrogens is 1280 g/mol. The van der Waals surface area contributed by atoms with E-state index in [1.54, 1.807) is 126 Å². The van der Waals surface area contributed by atoms with E-state index in [9.17, 15) is 68.7 Å². The van der Waals surface area contributed by atoms with E-state index in [0.717, 1.165) is 16.7 Å². The van der Waals surface area contributed by atoms with E-state index in [4.69, 9.17) is 43.0 Å². The maximum Gasteiger partial charge on any atom is 0.488 e. The monoisotopic (exact) mass is 1340 g/mol. The molecule has 0 atom stereocenters. The number of aliphatic hydroxyl groups is 3. The van der Waals surface area contributed by atoms with Crippen molar-refractivity contribution in [2.24, 2.45) is 0 Å². The molecule has 0 radical (unpaired) electrons. The summed E-state index contributed by atoms with van der Waals surface area (Å²) in [5.41, 5.74) is -0.587. The first-order chi connectivity index (χ1) is 43.8. The molecule has 93 heavy (non-hydrogen) atoms. The summed E-state index contributed by atoms with van der Waals surface area (Å²) in [7, 11) is -1.46. The highest BCUT2D eigenvalue weighted by atomic mass is 79.9. The van der Waals surface area contributed by atoms with Crippen LogP contribution in [0.15, 0.2) is 160 Å². The second-order valence-corrected chi connectivity index (χ2v) is 22.9. The number of aliphatic hydroxyl groups excluding tert-OH is 3. The molecule has 12 N–H and O–H groups in total. The molecule has 3 heterocycles. The standard InChI is InChI=1S/C23H23NO7.C19H15NO7.C16H16BrNO6.C7H9BO3/c1-23(2,3)31-18(26)11-24-21(28)19-20(27)16-8-7-15(10-17(16)30-22(19)29)14-6-4-5-13(9-14)12-25;21-9-10-2-1-3-11(6-10)12-4-5-13-14(7-12)27-19(26)16(17(13)24)18(25)20-8-15(22)23;1-16(2,3)24-11(19)7-18-14(21)12-13(20)9-5-4-8(17)6-10(9)23-15(12)22;9-5-6-2-1-3-7(4-6)8(10)11/h4-10,25,27H,11-12H2,1-3H3,(H,24,28);1-7,21,24H,8-9H2,(H,20,25)(H,22,23);4-6,20H,7H2,1-3H3,(H,18,21);1-4,9-11H,5H2. The first-order valence-electron chi connectivity index (χ1n) is 27.8. The van der Waals surface area contributed by atoms with Crippen LogP contribution >= 0.6 is 15.9 Å². The maximum atomic E-state index is 12.4. The Morgan fingerprint density at radius 3 is 1.15 bits per heavy atom. The fraction of sp³-hybridized carbons (Fsp3) is 0.215. The molecule has 3 aromatic heterocycles. The van der Waals surface area contributed by atoms with Gasteiger partial charge in [-0.05, 0) is 141 Å². The molecule has 26 nitrogen and oxygen atoms in total. The molecule has 0 unspecified atom stereocenters. The Labute approximate surface area is 536 Å². The molecule has 0 spiro atoms. The van der Waals surface area contributed by atoms with Crippen molar-refractivity contribution in [3.63, 3.8) is 0 Å². The van der Waals surface area contributed by atoms with Gasteiger partial charge in [0.2, 0.25) is 0 Å². The topological polar surface area (TPSA) is 430 Å². The van der Waals surface area contributed by atoms with Gasteiger partial charge in [-0.2, -0.15) is 0 Å². The van der Waals surface area contributed by atoms with Gasteiger partial charge in [-0.15, -0.1) is 0 Å². The van der Waals surface area contributed by atoms with E-state index in [2.05, 4.69) is 26.6 Å². The summed E-state index contributed by atoms with van der Waals surface area (Å²) < 4.78 is 26.2. The number of hydrogen-bond acceptors (Lipinski definition) is 22. The van der Waals surface area contributed by atoms with E-state index in [0.29, 0.717) is 32.2 Å². The Bertz CT molecular complexity index is 4470. The third-order valence-electron chi connectivity index (χ3n) is 12.6. The number of aliphatic carboxylic acids is 1. The number of esters is 2. The number of ether oxygens (including phenoxy) is 2. The lowest BCUT2D eigenvalue weighted by molar-refractivity contribution is -0.154. The van der Waals surface area contributed by atoms with Crippen LogP contribution in [-0.2, 0) is 43.7 Å². The minimum absolute atomic E-state index is 0.0687. The summed E-state index contributed by atoms with van der Waals surface area (Å²) in [5.74, 6) is -7.16. The summed E-state index contributed by atoms with van der Waals surface area (Å²) in [6.07, 6.45) is 0. The fourth-order valence-corrected chi connectivity index (χ4v) is 8.86. The summed E-state index contributed by atoms with van der Waals surface area (Å²) in [6, 6.07) is 34.9. The Morgan fingerprint density at radius 2 is 0.796 bits per heavy atom. The molecule has 3 amide bonds. The fourth-order valence-electron chi connectivity index (χ4n) is 8.52. The van der Waals surface area contributed by atoms with Crippen molar-refractivity contribution in [2.75, 3.05) is 19.6 Å². The van der Waals surface area contributed by atoms with Crippen molar-refractivity contribution in [1.82, 2.24) is 16.0 Å². The van der Waals surface area contributed by atoms with Gasteiger partial charge in [-0.3, -0.25) is 28.8 Å². The summed E-state index contributed by atoms with van der Waals surface area (Å²) in [5, 5.41) is 91.3. The molecule has 486 valence electrons. The average Bonchev–Trinajstić information content (AvgIpc) is 0.888. The van der Waals surface area contributed by atoms with Gasteiger partial charge >= 0.3 is 41.9 Å².